The highest BCUT2D eigenvalue weighted by Gasteiger charge is 2.09. The van der Waals surface area contributed by atoms with E-state index in [1.807, 2.05) is 0 Å². The Morgan fingerprint density at radius 2 is 2.06 bits per heavy atom. The normalized spacial score (nSPS) is 10.2. The number of amides is 1. The largest absolute Gasteiger partial charge is 0.392 e. The van der Waals surface area contributed by atoms with Crippen molar-refractivity contribution in [1.29, 1.82) is 0 Å². The van der Waals surface area contributed by atoms with E-state index in [1.165, 1.54) is 4.68 Å². The lowest BCUT2D eigenvalue weighted by molar-refractivity contribution is 0.101. The SMILES string of the molecule is Cn1nccc1C(=O)Nc1ccc(CO)cc1. The minimum Gasteiger partial charge on any atom is -0.392 e. The zero-order chi connectivity index (χ0) is 12.3. The van der Waals surface area contributed by atoms with Crippen molar-refractivity contribution in [3.8, 4) is 0 Å². The van der Waals surface area contributed by atoms with Crippen molar-refractivity contribution in [2.75, 3.05) is 5.32 Å². The summed E-state index contributed by atoms with van der Waals surface area (Å²) in [5, 5.41) is 15.6. The number of nitrogens with zero attached hydrogens (tertiary/aromatic N) is 2. The van der Waals surface area contributed by atoms with Crippen molar-refractivity contribution in [2.45, 2.75) is 6.61 Å². The first-order valence-electron chi connectivity index (χ1n) is 5.20. The maximum Gasteiger partial charge on any atom is 0.273 e. The summed E-state index contributed by atoms with van der Waals surface area (Å²) in [5.74, 6) is -0.207. The third kappa shape index (κ3) is 2.51. The van der Waals surface area contributed by atoms with Gasteiger partial charge in [-0.2, -0.15) is 5.10 Å². The molecule has 5 heteroatoms. The molecule has 0 atom stereocenters. The minimum atomic E-state index is -0.207. The number of benzene rings is 1. The van der Waals surface area contributed by atoms with Crippen molar-refractivity contribution in [3.05, 3.63) is 47.8 Å². The summed E-state index contributed by atoms with van der Waals surface area (Å²) in [6, 6.07) is 8.68. The smallest absolute Gasteiger partial charge is 0.273 e. The molecule has 1 aromatic heterocycles. The minimum absolute atomic E-state index is 0.00401. The first-order chi connectivity index (χ1) is 8.20. The van der Waals surface area contributed by atoms with Crippen LogP contribution in [0.5, 0.6) is 0 Å². The van der Waals surface area contributed by atoms with Gasteiger partial charge in [0.1, 0.15) is 5.69 Å². The number of rotatable bonds is 3. The van der Waals surface area contributed by atoms with Gasteiger partial charge in [0.2, 0.25) is 0 Å². The standard InChI is InChI=1S/C12H13N3O2/c1-15-11(6-7-13-15)12(17)14-10-4-2-9(8-16)3-5-10/h2-7,16H,8H2,1H3,(H,14,17). The maximum atomic E-state index is 11.8. The molecule has 1 heterocycles. The number of nitrogens with one attached hydrogen (secondary N) is 1. The lowest BCUT2D eigenvalue weighted by atomic mass is 10.2. The van der Waals surface area contributed by atoms with Crippen molar-refractivity contribution in [3.63, 3.8) is 0 Å². The van der Waals surface area contributed by atoms with Crippen molar-refractivity contribution in [2.24, 2.45) is 7.05 Å². The lowest BCUT2D eigenvalue weighted by Crippen LogP contribution is -2.16. The molecule has 2 aromatic rings. The summed E-state index contributed by atoms with van der Waals surface area (Å²) >= 11 is 0. The predicted octanol–water partition coefficient (Wildman–Crippen LogP) is 1.16. The molecule has 0 unspecified atom stereocenters. The predicted molar refractivity (Wildman–Crippen MR) is 63.5 cm³/mol. The van der Waals surface area contributed by atoms with Crippen LogP contribution in [0.4, 0.5) is 5.69 Å². The van der Waals surface area contributed by atoms with Gasteiger partial charge in [0.05, 0.1) is 6.61 Å². The highest BCUT2D eigenvalue weighted by Crippen LogP contribution is 2.11. The zero-order valence-corrected chi connectivity index (χ0v) is 9.42. The molecule has 0 saturated heterocycles. The second kappa shape index (κ2) is 4.80. The van der Waals surface area contributed by atoms with Crippen LogP contribution in [0.15, 0.2) is 36.5 Å². The van der Waals surface area contributed by atoms with Crippen LogP contribution in [0.25, 0.3) is 0 Å². The lowest BCUT2D eigenvalue weighted by Gasteiger charge is -2.05. The van der Waals surface area contributed by atoms with Crippen molar-refractivity contribution >= 4 is 11.6 Å². The van der Waals surface area contributed by atoms with E-state index in [2.05, 4.69) is 10.4 Å². The van der Waals surface area contributed by atoms with Crippen LogP contribution in [-0.2, 0) is 13.7 Å². The fraction of sp³-hybridized carbons (Fsp3) is 0.167. The molecule has 1 amide bonds. The van der Waals surface area contributed by atoms with Gasteiger partial charge < -0.3 is 10.4 Å². The molecule has 1 aromatic carbocycles. The number of anilines is 1. The van der Waals surface area contributed by atoms with Gasteiger partial charge in [-0.15, -0.1) is 0 Å². The summed E-state index contributed by atoms with van der Waals surface area (Å²) in [7, 11) is 1.71. The number of aliphatic hydroxyl groups excluding tert-OH is 1. The number of aliphatic hydroxyl groups is 1. The maximum absolute atomic E-state index is 11.8. The Bertz CT molecular complexity index is 517. The van der Waals surface area contributed by atoms with E-state index < -0.39 is 0 Å². The van der Waals surface area contributed by atoms with E-state index in [0.29, 0.717) is 11.4 Å². The van der Waals surface area contributed by atoms with Gasteiger partial charge >= 0.3 is 0 Å². The Hall–Kier alpha value is -2.14. The molecule has 2 N–H and O–H groups in total. The third-order valence-electron chi connectivity index (χ3n) is 2.45. The number of aryl methyl sites for hydroxylation is 1. The quantitative estimate of drug-likeness (QED) is 0.833. The van der Waals surface area contributed by atoms with E-state index in [4.69, 9.17) is 5.11 Å². The average Bonchev–Trinajstić information content (AvgIpc) is 2.76. The molecule has 0 radical (unpaired) electrons. The average molecular weight is 231 g/mol. The van der Waals surface area contributed by atoms with Crippen LogP contribution in [0.3, 0.4) is 0 Å². The molecule has 0 bridgehead atoms. The second-order valence-corrected chi connectivity index (χ2v) is 3.65. The van der Waals surface area contributed by atoms with Gasteiger partial charge in [0.15, 0.2) is 0 Å². The summed E-state index contributed by atoms with van der Waals surface area (Å²) in [5.41, 5.74) is 1.99. The Morgan fingerprint density at radius 1 is 1.35 bits per heavy atom. The Morgan fingerprint density at radius 3 is 2.59 bits per heavy atom. The Kier molecular flexibility index (Phi) is 3.20. The van der Waals surface area contributed by atoms with Gasteiger partial charge in [0, 0.05) is 18.9 Å². The van der Waals surface area contributed by atoms with E-state index in [0.717, 1.165) is 5.56 Å². The highest BCUT2D eigenvalue weighted by molar-refractivity contribution is 6.02. The van der Waals surface area contributed by atoms with Gasteiger partial charge in [-0.3, -0.25) is 9.48 Å². The number of hydrogen-bond donors (Lipinski definition) is 2. The molecule has 5 nitrogen and oxygen atoms in total. The first kappa shape index (κ1) is 11.3. The summed E-state index contributed by atoms with van der Waals surface area (Å²) in [4.78, 5) is 11.8. The Balaban J connectivity index is 2.10. The number of hydrogen-bond acceptors (Lipinski definition) is 3. The number of aromatic nitrogens is 2. The van der Waals surface area contributed by atoms with Crippen LogP contribution in [0.2, 0.25) is 0 Å². The molecular formula is C12H13N3O2. The second-order valence-electron chi connectivity index (χ2n) is 3.65. The summed E-state index contributed by atoms with van der Waals surface area (Å²) in [6.45, 7) is -0.00401. The summed E-state index contributed by atoms with van der Waals surface area (Å²) in [6.07, 6.45) is 1.57. The molecule has 0 aliphatic rings. The van der Waals surface area contributed by atoms with Crippen LogP contribution in [0, 0.1) is 0 Å². The van der Waals surface area contributed by atoms with E-state index in [1.54, 1.807) is 43.6 Å². The van der Waals surface area contributed by atoms with Crippen molar-refractivity contribution in [1.82, 2.24) is 9.78 Å². The number of carbonyl (C=O) groups excluding carboxylic acids is 1. The van der Waals surface area contributed by atoms with Gasteiger partial charge in [-0.25, -0.2) is 0 Å². The third-order valence-corrected chi connectivity index (χ3v) is 2.45. The molecule has 0 aliphatic carbocycles. The van der Waals surface area contributed by atoms with E-state index >= 15 is 0 Å². The van der Waals surface area contributed by atoms with Gasteiger partial charge in [-0.1, -0.05) is 12.1 Å². The van der Waals surface area contributed by atoms with Crippen LogP contribution < -0.4 is 5.32 Å². The molecule has 0 spiro atoms. The fourth-order valence-electron chi connectivity index (χ4n) is 1.49. The van der Waals surface area contributed by atoms with Gasteiger partial charge in [0.25, 0.3) is 5.91 Å². The summed E-state index contributed by atoms with van der Waals surface area (Å²) < 4.78 is 1.51. The monoisotopic (exact) mass is 231 g/mol. The molecule has 0 aliphatic heterocycles. The molecule has 2 rings (SSSR count). The van der Waals surface area contributed by atoms with Crippen LogP contribution in [0.1, 0.15) is 16.1 Å². The van der Waals surface area contributed by atoms with Crippen LogP contribution >= 0.6 is 0 Å². The molecular weight excluding hydrogens is 218 g/mol. The molecule has 0 fully saturated rings. The molecule has 17 heavy (non-hydrogen) atoms. The number of carbonyl (C=O) groups is 1. The zero-order valence-electron chi connectivity index (χ0n) is 9.42. The fourth-order valence-corrected chi connectivity index (χ4v) is 1.49. The van der Waals surface area contributed by atoms with E-state index in [-0.39, 0.29) is 12.5 Å². The van der Waals surface area contributed by atoms with Crippen LogP contribution in [-0.4, -0.2) is 20.8 Å². The molecule has 88 valence electrons. The molecule has 0 saturated carbocycles. The first-order valence-corrected chi connectivity index (χ1v) is 5.20. The topological polar surface area (TPSA) is 67.2 Å². The highest BCUT2D eigenvalue weighted by atomic mass is 16.3. The van der Waals surface area contributed by atoms with Crippen molar-refractivity contribution < 1.29 is 9.90 Å². The van der Waals surface area contributed by atoms with Gasteiger partial charge in [-0.05, 0) is 23.8 Å². The van der Waals surface area contributed by atoms with E-state index in [9.17, 15) is 4.79 Å². The Labute approximate surface area is 98.7 Å².